The monoisotopic (exact) mass is 372 g/mol. The molecule has 8 nitrogen and oxygen atoms in total. The molecule has 1 heterocycles. The first-order valence-electron chi connectivity index (χ1n) is 7.17. The second-order valence-electron chi connectivity index (χ2n) is 5.33. The Hall–Kier alpha value is -1.91. The normalized spacial score (nSPS) is 12.3. The van der Waals surface area contributed by atoms with E-state index in [4.69, 9.17) is 0 Å². The van der Waals surface area contributed by atoms with Crippen LogP contribution in [0.2, 0.25) is 0 Å². The molecule has 0 radical (unpaired) electrons. The smallest absolute Gasteiger partial charge is 0.244 e. The number of rotatable bonds is 7. The second kappa shape index (κ2) is 6.91. The van der Waals surface area contributed by atoms with Gasteiger partial charge >= 0.3 is 0 Å². The van der Waals surface area contributed by atoms with Gasteiger partial charge in [-0.3, -0.25) is 9.40 Å². The first-order valence-corrected chi connectivity index (χ1v) is 10.5. The Morgan fingerprint density at radius 2 is 1.75 bits per heavy atom. The highest BCUT2D eigenvalue weighted by atomic mass is 32.2. The van der Waals surface area contributed by atoms with Crippen molar-refractivity contribution in [2.45, 2.75) is 18.7 Å². The summed E-state index contributed by atoms with van der Waals surface area (Å²) < 4.78 is 52.2. The van der Waals surface area contributed by atoms with Crippen LogP contribution >= 0.6 is 0 Å². The Morgan fingerprint density at radius 1 is 1.12 bits per heavy atom. The zero-order valence-electron chi connectivity index (χ0n) is 13.6. The molecule has 0 saturated carbocycles. The summed E-state index contributed by atoms with van der Waals surface area (Å²) in [6.07, 6.45) is 1.08. The van der Waals surface area contributed by atoms with Crippen molar-refractivity contribution < 1.29 is 16.8 Å². The molecule has 24 heavy (non-hydrogen) atoms. The quantitative estimate of drug-likeness (QED) is 0.745. The molecule has 1 aromatic carbocycles. The summed E-state index contributed by atoms with van der Waals surface area (Å²) >= 11 is 0. The number of nitrogens with zero attached hydrogens (tertiary/aromatic N) is 2. The van der Waals surface area contributed by atoms with Gasteiger partial charge in [0.15, 0.2) is 0 Å². The van der Waals surface area contributed by atoms with Crippen molar-refractivity contribution in [3.8, 4) is 0 Å². The van der Waals surface area contributed by atoms with E-state index in [0.717, 1.165) is 10.6 Å². The van der Waals surface area contributed by atoms with E-state index in [9.17, 15) is 16.8 Å². The molecule has 0 unspecified atom stereocenters. The maximum absolute atomic E-state index is 12.4. The number of anilines is 1. The lowest BCUT2D eigenvalue weighted by Gasteiger charge is -2.22. The van der Waals surface area contributed by atoms with Crippen molar-refractivity contribution in [2.24, 2.45) is 0 Å². The lowest BCUT2D eigenvalue weighted by atomic mass is 10.3. The molecule has 10 heteroatoms. The van der Waals surface area contributed by atoms with Crippen molar-refractivity contribution in [1.29, 1.82) is 0 Å². The lowest BCUT2D eigenvalue weighted by Crippen LogP contribution is -2.38. The van der Waals surface area contributed by atoms with Crippen LogP contribution in [0.4, 0.5) is 5.69 Å². The number of hydrogen-bond donors (Lipinski definition) is 2. The van der Waals surface area contributed by atoms with Gasteiger partial charge in [-0.1, -0.05) is 18.2 Å². The highest BCUT2D eigenvalue weighted by molar-refractivity contribution is 7.92. The molecule has 2 N–H and O–H groups in total. The van der Waals surface area contributed by atoms with E-state index in [1.165, 1.54) is 0 Å². The molecule has 0 atom stereocenters. The van der Waals surface area contributed by atoms with Crippen LogP contribution in [0.1, 0.15) is 11.4 Å². The van der Waals surface area contributed by atoms with E-state index in [1.807, 2.05) is 0 Å². The first kappa shape index (κ1) is 18.4. The minimum atomic E-state index is -3.77. The van der Waals surface area contributed by atoms with E-state index in [2.05, 4.69) is 14.9 Å². The number of aromatic amines is 1. The zero-order valence-corrected chi connectivity index (χ0v) is 15.3. The zero-order chi connectivity index (χ0) is 18.0. The number of aryl methyl sites for hydroxylation is 2. The van der Waals surface area contributed by atoms with Crippen LogP contribution in [0.5, 0.6) is 0 Å². The number of nitrogens with one attached hydrogen (secondary N) is 2. The predicted octanol–water partition coefficient (Wildman–Crippen LogP) is 0.771. The summed E-state index contributed by atoms with van der Waals surface area (Å²) in [5, 5.41) is 6.48. The fourth-order valence-corrected chi connectivity index (χ4v) is 4.69. The Labute approximate surface area is 142 Å². The van der Waals surface area contributed by atoms with Crippen molar-refractivity contribution in [1.82, 2.24) is 14.9 Å². The summed E-state index contributed by atoms with van der Waals surface area (Å²) in [5.74, 6) is 0. The topological polar surface area (TPSA) is 112 Å². The highest BCUT2D eigenvalue weighted by Gasteiger charge is 2.23. The Morgan fingerprint density at radius 3 is 2.25 bits per heavy atom. The molecule has 1 aromatic heterocycles. The molecule has 2 rings (SSSR count). The standard InChI is InChI=1S/C14H20N4O4S2/c1-11-14(12(2)17-16-11)24(21,22)15-9-10-18(23(3,19)20)13-7-5-4-6-8-13/h4-8,15H,9-10H2,1-3H3,(H,16,17). The third-order valence-electron chi connectivity index (χ3n) is 3.38. The van der Waals surface area contributed by atoms with Crippen LogP contribution < -0.4 is 9.03 Å². The molecule has 0 saturated heterocycles. The largest absolute Gasteiger partial charge is 0.281 e. The summed E-state index contributed by atoms with van der Waals surface area (Å²) in [7, 11) is -7.29. The molecule has 0 fully saturated rings. The van der Waals surface area contributed by atoms with E-state index < -0.39 is 20.0 Å². The van der Waals surface area contributed by atoms with E-state index in [0.29, 0.717) is 17.1 Å². The van der Waals surface area contributed by atoms with Gasteiger partial charge in [0, 0.05) is 13.1 Å². The van der Waals surface area contributed by atoms with Crippen LogP contribution in [-0.4, -0.2) is 46.4 Å². The molecule has 0 aliphatic rings. The van der Waals surface area contributed by atoms with Crippen LogP contribution in [0, 0.1) is 13.8 Å². The van der Waals surface area contributed by atoms with Gasteiger partial charge < -0.3 is 0 Å². The minimum absolute atomic E-state index is 0.0158. The summed E-state index contributed by atoms with van der Waals surface area (Å²) in [6, 6.07) is 8.52. The van der Waals surface area contributed by atoms with E-state index in [1.54, 1.807) is 44.2 Å². The average Bonchev–Trinajstić information content (AvgIpc) is 2.83. The van der Waals surface area contributed by atoms with E-state index in [-0.39, 0.29) is 18.0 Å². The number of para-hydroxylation sites is 1. The molecule has 132 valence electrons. The van der Waals surface area contributed by atoms with Crippen molar-refractivity contribution in [3.63, 3.8) is 0 Å². The number of hydrogen-bond acceptors (Lipinski definition) is 5. The van der Waals surface area contributed by atoms with Crippen molar-refractivity contribution in [3.05, 3.63) is 41.7 Å². The van der Waals surface area contributed by atoms with Gasteiger partial charge in [-0.15, -0.1) is 0 Å². The van der Waals surface area contributed by atoms with Gasteiger partial charge in [0.05, 0.1) is 23.3 Å². The van der Waals surface area contributed by atoms with Gasteiger partial charge in [-0.2, -0.15) is 5.10 Å². The molecule has 0 spiro atoms. The van der Waals surface area contributed by atoms with E-state index >= 15 is 0 Å². The fourth-order valence-electron chi connectivity index (χ4n) is 2.37. The molecular weight excluding hydrogens is 352 g/mol. The maximum atomic E-state index is 12.4. The number of aromatic nitrogens is 2. The molecule has 2 aromatic rings. The third-order valence-corrected chi connectivity index (χ3v) is 6.30. The number of benzene rings is 1. The summed E-state index contributed by atoms with van der Waals surface area (Å²) in [4.78, 5) is 0.0908. The molecular formula is C14H20N4O4S2. The number of sulfonamides is 2. The third kappa shape index (κ3) is 4.13. The molecule has 0 amide bonds. The Bertz CT molecular complexity index is 886. The fraction of sp³-hybridized carbons (Fsp3) is 0.357. The number of H-pyrrole nitrogens is 1. The second-order valence-corrected chi connectivity index (χ2v) is 8.94. The van der Waals surface area contributed by atoms with Gasteiger partial charge in [-0.05, 0) is 26.0 Å². The molecule has 0 bridgehead atoms. The van der Waals surface area contributed by atoms with Crippen LogP contribution in [0.15, 0.2) is 35.2 Å². The van der Waals surface area contributed by atoms with Gasteiger partial charge in [0.25, 0.3) is 0 Å². The van der Waals surface area contributed by atoms with Gasteiger partial charge in [-0.25, -0.2) is 21.6 Å². The minimum Gasteiger partial charge on any atom is -0.281 e. The van der Waals surface area contributed by atoms with Gasteiger partial charge in [0.2, 0.25) is 20.0 Å². The SMILES string of the molecule is Cc1n[nH]c(C)c1S(=O)(=O)NCCN(c1ccccc1)S(C)(=O)=O. The summed E-state index contributed by atoms with van der Waals surface area (Å²) in [5.41, 5.74) is 1.28. The van der Waals surface area contributed by atoms with Crippen molar-refractivity contribution in [2.75, 3.05) is 23.7 Å². The Balaban J connectivity index is 2.14. The van der Waals surface area contributed by atoms with Crippen LogP contribution in [-0.2, 0) is 20.0 Å². The van der Waals surface area contributed by atoms with Gasteiger partial charge in [0.1, 0.15) is 4.90 Å². The highest BCUT2D eigenvalue weighted by Crippen LogP contribution is 2.18. The maximum Gasteiger partial charge on any atom is 0.244 e. The molecule has 0 aliphatic heterocycles. The lowest BCUT2D eigenvalue weighted by molar-refractivity contribution is 0.577. The first-order chi connectivity index (χ1) is 11.1. The van der Waals surface area contributed by atoms with Crippen LogP contribution in [0.3, 0.4) is 0 Å². The average molecular weight is 372 g/mol. The Kier molecular flexibility index (Phi) is 5.31. The predicted molar refractivity (Wildman–Crippen MR) is 91.9 cm³/mol. The summed E-state index contributed by atoms with van der Waals surface area (Å²) in [6.45, 7) is 3.12. The van der Waals surface area contributed by atoms with Crippen molar-refractivity contribution >= 4 is 25.7 Å². The van der Waals surface area contributed by atoms with Crippen LogP contribution in [0.25, 0.3) is 0 Å². The molecule has 0 aliphatic carbocycles.